The number of rotatable bonds is 1. The fraction of sp³-hybridized carbons (Fsp3) is 0.778. The first-order valence-corrected chi connectivity index (χ1v) is 4.65. The highest BCUT2D eigenvalue weighted by atomic mass is 16.5. The van der Waals surface area contributed by atoms with Crippen molar-refractivity contribution in [3.63, 3.8) is 0 Å². The molecule has 5 heteroatoms. The molecule has 2 unspecified atom stereocenters. The van der Waals surface area contributed by atoms with Crippen molar-refractivity contribution in [1.29, 1.82) is 0 Å². The minimum Gasteiger partial charge on any atom is -0.453 e. The Morgan fingerprint density at radius 3 is 2.64 bits per heavy atom. The van der Waals surface area contributed by atoms with E-state index in [4.69, 9.17) is 5.21 Å². The van der Waals surface area contributed by atoms with Crippen molar-refractivity contribution in [3.05, 3.63) is 0 Å². The predicted molar refractivity (Wildman–Crippen MR) is 49.3 cm³/mol. The number of carbonyl (C=O) groups is 1. The molecule has 0 spiro atoms. The standard InChI is InChI=1S/C9H14N2O3/c1-9(5-10-13)6-3-11(4-7(6)9)8(12)14-2/h5-7,13H,3-4H2,1-2H3/b10-5+/t6-,7?,9?/m1/s1. The molecule has 1 N–H and O–H groups in total. The average molecular weight is 198 g/mol. The van der Waals surface area contributed by atoms with E-state index in [-0.39, 0.29) is 11.5 Å². The van der Waals surface area contributed by atoms with Crippen LogP contribution in [0.5, 0.6) is 0 Å². The maximum Gasteiger partial charge on any atom is 0.409 e. The second-order valence-electron chi connectivity index (χ2n) is 4.20. The molecular weight excluding hydrogens is 184 g/mol. The summed E-state index contributed by atoms with van der Waals surface area (Å²) in [5.41, 5.74) is -0.0146. The van der Waals surface area contributed by atoms with Gasteiger partial charge >= 0.3 is 6.09 Å². The van der Waals surface area contributed by atoms with E-state index < -0.39 is 0 Å². The molecule has 1 saturated heterocycles. The van der Waals surface area contributed by atoms with E-state index in [0.717, 1.165) is 0 Å². The summed E-state index contributed by atoms with van der Waals surface area (Å²) in [6, 6.07) is 0. The number of hydrogen-bond acceptors (Lipinski definition) is 4. The van der Waals surface area contributed by atoms with Crippen molar-refractivity contribution in [3.8, 4) is 0 Å². The van der Waals surface area contributed by atoms with Crippen LogP contribution in [0.1, 0.15) is 6.92 Å². The van der Waals surface area contributed by atoms with E-state index in [1.165, 1.54) is 7.11 Å². The van der Waals surface area contributed by atoms with Crippen LogP contribution in [0.15, 0.2) is 5.16 Å². The van der Waals surface area contributed by atoms with Crippen LogP contribution in [0.2, 0.25) is 0 Å². The molecule has 1 amide bonds. The van der Waals surface area contributed by atoms with Crippen LogP contribution in [0.25, 0.3) is 0 Å². The third-order valence-electron chi connectivity index (χ3n) is 3.58. The van der Waals surface area contributed by atoms with Crippen molar-refractivity contribution >= 4 is 12.3 Å². The Kier molecular flexibility index (Phi) is 1.90. The summed E-state index contributed by atoms with van der Waals surface area (Å²) in [5.74, 6) is 0.856. The average Bonchev–Trinajstić information content (AvgIpc) is 2.59. The molecule has 2 aliphatic rings. The molecule has 0 aromatic carbocycles. The van der Waals surface area contributed by atoms with E-state index in [1.807, 2.05) is 0 Å². The zero-order valence-electron chi connectivity index (χ0n) is 8.30. The minimum absolute atomic E-state index is 0.0146. The molecule has 2 rings (SSSR count). The Hall–Kier alpha value is -1.26. The van der Waals surface area contributed by atoms with E-state index >= 15 is 0 Å². The summed E-state index contributed by atoms with van der Waals surface area (Å²) < 4.78 is 4.64. The lowest BCUT2D eigenvalue weighted by Crippen LogP contribution is -2.33. The molecule has 1 aliphatic carbocycles. The summed E-state index contributed by atoms with van der Waals surface area (Å²) in [6.45, 7) is 3.47. The van der Waals surface area contributed by atoms with Crippen LogP contribution < -0.4 is 0 Å². The van der Waals surface area contributed by atoms with E-state index in [1.54, 1.807) is 11.1 Å². The molecule has 1 heterocycles. The smallest absolute Gasteiger partial charge is 0.409 e. The van der Waals surface area contributed by atoms with Crippen molar-refractivity contribution in [1.82, 2.24) is 4.90 Å². The molecule has 1 aliphatic heterocycles. The quantitative estimate of drug-likeness (QED) is 0.385. The monoisotopic (exact) mass is 198 g/mol. The van der Waals surface area contributed by atoms with Crippen LogP contribution in [0.4, 0.5) is 4.79 Å². The molecule has 0 bridgehead atoms. The van der Waals surface area contributed by atoms with Crippen LogP contribution in [-0.4, -0.2) is 42.6 Å². The number of piperidine rings is 1. The molecule has 1 saturated carbocycles. The van der Waals surface area contributed by atoms with Gasteiger partial charge in [0.15, 0.2) is 0 Å². The molecule has 5 nitrogen and oxygen atoms in total. The van der Waals surface area contributed by atoms with Gasteiger partial charge in [-0.15, -0.1) is 5.16 Å². The Morgan fingerprint density at radius 2 is 2.21 bits per heavy atom. The summed E-state index contributed by atoms with van der Waals surface area (Å²) in [7, 11) is 1.39. The lowest BCUT2D eigenvalue weighted by molar-refractivity contribution is 0.125. The topological polar surface area (TPSA) is 62.1 Å². The summed E-state index contributed by atoms with van der Waals surface area (Å²) >= 11 is 0. The van der Waals surface area contributed by atoms with Crippen LogP contribution >= 0.6 is 0 Å². The van der Waals surface area contributed by atoms with E-state index in [9.17, 15) is 4.79 Å². The van der Waals surface area contributed by atoms with Crippen molar-refractivity contribution in [2.45, 2.75) is 6.92 Å². The Morgan fingerprint density at radius 1 is 1.64 bits per heavy atom. The first-order chi connectivity index (χ1) is 6.63. The van der Waals surface area contributed by atoms with Gasteiger partial charge < -0.3 is 14.8 Å². The molecule has 2 fully saturated rings. The number of likely N-dealkylation sites (tertiary alicyclic amines) is 1. The third-order valence-corrected chi connectivity index (χ3v) is 3.58. The number of amides is 1. The highest BCUT2D eigenvalue weighted by Crippen LogP contribution is 2.61. The SMILES string of the molecule is COC(=O)N1CC2[C@@H](C1)C2(C)/C=N/O. The zero-order chi connectivity index (χ0) is 10.3. The molecule has 78 valence electrons. The Labute approximate surface area is 82.3 Å². The highest BCUT2D eigenvalue weighted by Gasteiger charge is 2.65. The summed E-state index contributed by atoms with van der Waals surface area (Å²) in [5, 5.41) is 11.6. The van der Waals surface area contributed by atoms with Crippen LogP contribution in [-0.2, 0) is 4.74 Å². The molecule has 3 atom stereocenters. The van der Waals surface area contributed by atoms with Gasteiger partial charge in [-0.25, -0.2) is 4.79 Å². The van der Waals surface area contributed by atoms with Crippen LogP contribution in [0, 0.1) is 17.3 Å². The fourth-order valence-electron chi connectivity index (χ4n) is 2.51. The molecule has 0 aromatic rings. The third kappa shape index (κ3) is 1.08. The second kappa shape index (κ2) is 2.87. The molecular formula is C9H14N2O3. The van der Waals surface area contributed by atoms with Gasteiger partial charge in [-0.3, -0.25) is 0 Å². The number of hydrogen-bond donors (Lipinski definition) is 1. The zero-order valence-corrected chi connectivity index (χ0v) is 8.30. The first kappa shape index (κ1) is 9.30. The van der Waals surface area contributed by atoms with Gasteiger partial charge in [0.1, 0.15) is 0 Å². The predicted octanol–water partition coefficient (Wildman–Crippen LogP) is 0.781. The maximum atomic E-state index is 11.2. The van der Waals surface area contributed by atoms with E-state index in [2.05, 4.69) is 16.8 Å². The van der Waals surface area contributed by atoms with Crippen LogP contribution in [0.3, 0.4) is 0 Å². The minimum atomic E-state index is -0.263. The van der Waals surface area contributed by atoms with Gasteiger partial charge in [-0.2, -0.15) is 0 Å². The van der Waals surface area contributed by atoms with Gasteiger partial charge in [0.05, 0.1) is 13.3 Å². The highest BCUT2D eigenvalue weighted by molar-refractivity contribution is 5.74. The van der Waals surface area contributed by atoms with Gasteiger partial charge in [0, 0.05) is 18.5 Å². The number of carbonyl (C=O) groups excluding carboxylic acids is 1. The number of fused-ring (bicyclic) bond motifs is 1. The Bertz CT molecular complexity index is 278. The van der Waals surface area contributed by atoms with E-state index in [0.29, 0.717) is 24.9 Å². The molecule has 0 aromatic heterocycles. The largest absolute Gasteiger partial charge is 0.453 e. The first-order valence-electron chi connectivity index (χ1n) is 4.65. The fourth-order valence-corrected chi connectivity index (χ4v) is 2.51. The number of nitrogens with zero attached hydrogens (tertiary/aromatic N) is 2. The number of methoxy groups -OCH3 is 1. The van der Waals surface area contributed by atoms with Crippen molar-refractivity contribution in [2.24, 2.45) is 22.4 Å². The number of ether oxygens (including phenoxy) is 1. The second-order valence-corrected chi connectivity index (χ2v) is 4.20. The maximum absolute atomic E-state index is 11.2. The van der Waals surface area contributed by atoms with Gasteiger partial charge in [-0.05, 0) is 11.8 Å². The van der Waals surface area contributed by atoms with Gasteiger partial charge in [0.2, 0.25) is 0 Å². The lowest BCUT2D eigenvalue weighted by atomic mass is 10.1. The van der Waals surface area contributed by atoms with Crippen molar-refractivity contribution < 1.29 is 14.7 Å². The van der Waals surface area contributed by atoms with Crippen molar-refractivity contribution in [2.75, 3.05) is 20.2 Å². The number of oxime groups is 1. The Balaban J connectivity index is 1.96. The molecule has 0 radical (unpaired) electrons. The lowest BCUT2D eigenvalue weighted by Gasteiger charge is -2.20. The molecule has 14 heavy (non-hydrogen) atoms. The van der Waals surface area contributed by atoms with Gasteiger partial charge in [0.25, 0.3) is 0 Å². The van der Waals surface area contributed by atoms with Gasteiger partial charge in [-0.1, -0.05) is 6.92 Å². The summed E-state index contributed by atoms with van der Waals surface area (Å²) in [4.78, 5) is 12.9. The summed E-state index contributed by atoms with van der Waals surface area (Å²) in [6.07, 6.45) is 1.32. The normalized spacial score (nSPS) is 40.0.